The highest BCUT2D eigenvalue weighted by molar-refractivity contribution is 5.24. The number of likely N-dealkylation sites (tertiary alicyclic amines) is 1. The summed E-state index contributed by atoms with van der Waals surface area (Å²) in [4.78, 5) is 2.46. The third-order valence-electron chi connectivity index (χ3n) is 5.08. The van der Waals surface area contributed by atoms with Crippen LogP contribution >= 0.6 is 0 Å². The fraction of sp³-hybridized carbons (Fsp3) is 0.625. The van der Waals surface area contributed by atoms with E-state index >= 15 is 0 Å². The van der Waals surface area contributed by atoms with Gasteiger partial charge in [0.2, 0.25) is 0 Å². The van der Waals surface area contributed by atoms with Gasteiger partial charge < -0.3 is 5.32 Å². The summed E-state index contributed by atoms with van der Waals surface area (Å²) in [5.74, 6) is 1.35. The van der Waals surface area contributed by atoms with E-state index in [4.69, 9.17) is 0 Å². The molecule has 19 heavy (non-hydrogen) atoms. The Kier molecular flexibility index (Phi) is 3.14. The van der Waals surface area contributed by atoms with Crippen molar-refractivity contribution in [3.8, 4) is 0 Å². The van der Waals surface area contributed by atoms with E-state index < -0.39 is 0 Å². The summed E-state index contributed by atoms with van der Waals surface area (Å²) in [6.45, 7) is 10.7. The molecule has 2 aliphatic heterocycles. The molecule has 2 atom stereocenters. The molecule has 1 aromatic rings. The fourth-order valence-electron chi connectivity index (χ4n) is 3.80. The SMILES string of the molecule is Cc1ccc(F)c(CN2CC3CNCC3C2(C)C)c1. The summed E-state index contributed by atoms with van der Waals surface area (Å²) >= 11 is 0. The summed E-state index contributed by atoms with van der Waals surface area (Å²) in [7, 11) is 0. The minimum Gasteiger partial charge on any atom is -0.316 e. The lowest BCUT2D eigenvalue weighted by molar-refractivity contribution is 0.130. The van der Waals surface area contributed by atoms with Crippen molar-refractivity contribution in [2.24, 2.45) is 11.8 Å². The molecule has 0 radical (unpaired) electrons. The maximum atomic E-state index is 13.9. The Balaban J connectivity index is 1.82. The lowest BCUT2D eigenvalue weighted by Crippen LogP contribution is -2.44. The van der Waals surface area contributed by atoms with Gasteiger partial charge in [0, 0.05) is 30.7 Å². The molecule has 0 aromatic heterocycles. The van der Waals surface area contributed by atoms with Gasteiger partial charge in [0.15, 0.2) is 0 Å². The van der Waals surface area contributed by atoms with Crippen LogP contribution in [-0.2, 0) is 6.54 Å². The third kappa shape index (κ3) is 2.19. The van der Waals surface area contributed by atoms with Gasteiger partial charge in [-0.05, 0) is 45.2 Å². The number of fused-ring (bicyclic) bond motifs is 1. The molecule has 1 N–H and O–H groups in total. The minimum absolute atomic E-state index is 0.0726. The van der Waals surface area contributed by atoms with Gasteiger partial charge in [-0.3, -0.25) is 4.90 Å². The first-order valence-electron chi connectivity index (χ1n) is 7.19. The smallest absolute Gasteiger partial charge is 0.127 e. The molecule has 0 spiro atoms. The highest BCUT2D eigenvalue weighted by Crippen LogP contribution is 2.41. The van der Waals surface area contributed by atoms with Gasteiger partial charge in [0.05, 0.1) is 0 Å². The Bertz CT molecular complexity index is 484. The van der Waals surface area contributed by atoms with Gasteiger partial charge in [0.25, 0.3) is 0 Å². The van der Waals surface area contributed by atoms with Crippen molar-refractivity contribution in [3.63, 3.8) is 0 Å². The van der Waals surface area contributed by atoms with Gasteiger partial charge >= 0.3 is 0 Å². The van der Waals surface area contributed by atoms with E-state index in [1.165, 1.54) is 0 Å². The predicted octanol–water partition coefficient (Wildman–Crippen LogP) is 2.56. The maximum absolute atomic E-state index is 13.9. The van der Waals surface area contributed by atoms with E-state index in [2.05, 4.69) is 24.1 Å². The van der Waals surface area contributed by atoms with Crippen LogP contribution < -0.4 is 5.32 Å². The lowest BCUT2D eigenvalue weighted by atomic mass is 9.85. The second kappa shape index (κ2) is 4.57. The standard InChI is InChI=1S/C16H23FN2/c1-11-4-5-15(17)12(6-11)9-19-10-13-7-18-8-14(13)16(19,2)3/h4-6,13-14,18H,7-10H2,1-3H3. The molecule has 3 heteroatoms. The molecule has 3 rings (SSSR count). The molecule has 0 amide bonds. The molecule has 2 unspecified atom stereocenters. The lowest BCUT2D eigenvalue weighted by Gasteiger charge is -2.35. The average molecular weight is 262 g/mol. The van der Waals surface area contributed by atoms with Gasteiger partial charge in [-0.15, -0.1) is 0 Å². The first-order valence-corrected chi connectivity index (χ1v) is 7.19. The molecule has 0 saturated carbocycles. The topological polar surface area (TPSA) is 15.3 Å². The summed E-state index contributed by atoms with van der Waals surface area (Å²) in [6, 6.07) is 5.42. The van der Waals surface area contributed by atoms with E-state index in [0.717, 1.165) is 43.2 Å². The minimum atomic E-state index is -0.0726. The van der Waals surface area contributed by atoms with Crippen molar-refractivity contribution in [3.05, 3.63) is 35.1 Å². The van der Waals surface area contributed by atoms with Gasteiger partial charge in [-0.25, -0.2) is 4.39 Å². The third-order valence-corrected chi connectivity index (χ3v) is 5.08. The number of halogens is 1. The second-order valence-corrected chi connectivity index (χ2v) is 6.65. The Morgan fingerprint density at radius 3 is 2.89 bits per heavy atom. The Hall–Kier alpha value is -0.930. The van der Waals surface area contributed by atoms with E-state index in [0.29, 0.717) is 5.92 Å². The molecule has 1 aromatic carbocycles. The molecule has 104 valence electrons. The van der Waals surface area contributed by atoms with Crippen molar-refractivity contribution in [2.45, 2.75) is 32.9 Å². The van der Waals surface area contributed by atoms with Crippen LogP contribution in [0.1, 0.15) is 25.0 Å². The zero-order chi connectivity index (χ0) is 13.6. The van der Waals surface area contributed by atoms with Crippen LogP contribution in [-0.4, -0.2) is 30.1 Å². The van der Waals surface area contributed by atoms with Crippen molar-refractivity contribution < 1.29 is 4.39 Å². The number of nitrogens with one attached hydrogen (secondary N) is 1. The van der Waals surface area contributed by atoms with Gasteiger partial charge in [0.1, 0.15) is 5.82 Å². The van der Waals surface area contributed by atoms with Crippen LogP contribution in [0.2, 0.25) is 0 Å². The quantitative estimate of drug-likeness (QED) is 0.881. The first-order chi connectivity index (χ1) is 8.98. The van der Waals surface area contributed by atoms with Crippen LogP contribution in [0.5, 0.6) is 0 Å². The predicted molar refractivity (Wildman–Crippen MR) is 75.5 cm³/mol. The highest BCUT2D eigenvalue weighted by atomic mass is 19.1. The van der Waals surface area contributed by atoms with Crippen LogP contribution in [0.15, 0.2) is 18.2 Å². The molecule has 2 nitrogen and oxygen atoms in total. The Labute approximate surface area is 115 Å². The number of hydrogen-bond donors (Lipinski definition) is 1. The number of benzene rings is 1. The summed E-state index contributed by atoms with van der Waals surface area (Å²) in [6.07, 6.45) is 0. The first kappa shape index (κ1) is 13.1. The van der Waals surface area contributed by atoms with Crippen molar-refractivity contribution in [1.29, 1.82) is 0 Å². The van der Waals surface area contributed by atoms with Crippen LogP contribution in [0.25, 0.3) is 0 Å². The van der Waals surface area contributed by atoms with Crippen molar-refractivity contribution >= 4 is 0 Å². The van der Waals surface area contributed by atoms with E-state index in [-0.39, 0.29) is 11.4 Å². The monoisotopic (exact) mass is 262 g/mol. The summed E-state index contributed by atoms with van der Waals surface area (Å²) in [5, 5.41) is 3.48. The second-order valence-electron chi connectivity index (χ2n) is 6.65. The molecule has 2 heterocycles. The largest absolute Gasteiger partial charge is 0.316 e. The Morgan fingerprint density at radius 2 is 2.16 bits per heavy atom. The van der Waals surface area contributed by atoms with Crippen molar-refractivity contribution in [1.82, 2.24) is 10.2 Å². The molecule has 2 fully saturated rings. The molecule has 2 aliphatic rings. The molecule has 0 aliphatic carbocycles. The van der Waals surface area contributed by atoms with Crippen molar-refractivity contribution in [2.75, 3.05) is 19.6 Å². The molecule has 2 saturated heterocycles. The zero-order valence-corrected chi connectivity index (χ0v) is 12.0. The fourth-order valence-corrected chi connectivity index (χ4v) is 3.80. The van der Waals surface area contributed by atoms with Crippen LogP contribution in [0.3, 0.4) is 0 Å². The van der Waals surface area contributed by atoms with Gasteiger partial charge in [-0.2, -0.15) is 0 Å². The number of rotatable bonds is 2. The molecular weight excluding hydrogens is 239 g/mol. The number of hydrogen-bond acceptors (Lipinski definition) is 2. The normalized spacial score (nSPS) is 29.7. The molecule has 0 bridgehead atoms. The molecular formula is C16H23FN2. The number of aryl methyl sites for hydroxylation is 1. The van der Waals surface area contributed by atoms with Crippen LogP contribution in [0.4, 0.5) is 4.39 Å². The number of nitrogens with zero attached hydrogens (tertiary/aromatic N) is 1. The zero-order valence-electron chi connectivity index (χ0n) is 12.0. The van der Waals surface area contributed by atoms with Gasteiger partial charge in [-0.1, -0.05) is 17.7 Å². The summed E-state index contributed by atoms with van der Waals surface area (Å²) in [5.41, 5.74) is 2.13. The highest BCUT2D eigenvalue weighted by Gasteiger charge is 2.49. The Morgan fingerprint density at radius 1 is 1.37 bits per heavy atom. The maximum Gasteiger partial charge on any atom is 0.127 e. The average Bonchev–Trinajstić information content (AvgIpc) is 2.89. The van der Waals surface area contributed by atoms with E-state index in [9.17, 15) is 4.39 Å². The van der Waals surface area contributed by atoms with Crippen LogP contribution in [0, 0.1) is 24.6 Å². The summed E-state index contributed by atoms with van der Waals surface area (Å²) < 4.78 is 13.9. The van der Waals surface area contributed by atoms with E-state index in [1.54, 1.807) is 6.07 Å². The van der Waals surface area contributed by atoms with E-state index in [1.807, 2.05) is 19.1 Å².